The molecule has 6 nitrogen and oxygen atoms in total. The molecule has 28 heavy (non-hydrogen) atoms. The van der Waals surface area contributed by atoms with Gasteiger partial charge in [0.1, 0.15) is 0 Å². The number of H-pyrrole nitrogens is 1. The zero-order valence-corrected chi connectivity index (χ0v) is 17.4. The molecule has 2 bridgehead atoms. The minimum absolute atomic E-state index is 0.386. The summed E-state index contributed by atoms with van der Waals surface area (Å²) < 4.78 is 28.8. The molecule has 3 saturated heterocycles. The summed E-state index contributed by atoms with van der Waals surface area (Å²) in [7, 11) is -3.48. The van der Waals surface area contributed by atoms with Crippen LogP contribution in [0.1, 0.15) is 45.4 Å². The second-order valence-electron chi connectivity index (χ2n) is 8.82. The summed E-state index contributed by atoms with van der Waals surface area (Å²) in [4.78, 5) is 10.4. The normalized spacial score (nSPS) is 31.8. The van der Waals surface area contributed by atoms with Gasteiger partial charge >= 0.3 is 0 Å². The maximum Gasteiger partial charge on any atom is 0.243 e. The van der Waals surface area contributed by atoms with Gasteiger partial charge in [0.05, 0.1) is 22.3 Å². The van der Waals surface area contributed by atoms with E-state index in [2.05, 4.69) is 21.8 Å². The second-order valence-corrected chi connectivity index (χ2v) is 10.8. The Hall–Kier alpha value is -1.44. The zero-order valence-electron chi connectivity index (χ0n) is 16.5. The molecule has 152 valence electrons. The molecule has 3 aliphatic rings. The van der Waals surface area contributed by atoms with Gasteiger partial charge in [-0.05, 0) is 62.3 Å². The van der Waals surface area contributed by atoms with Gasteiger partial charge in [-0.2, -0.15) is 4.31 Å². The van der Waals surface area contributed by atoms with E-state index in [0.717, 1.165) is 17.5 Å². The third kappa shape index (κ3) is 2.99. The lowest BCUT2D eigenvalue weighted by Crippen LogP contribution is -2.64. The molecule has 0 saturated carbocycles. The Morgan fingerprint density at radius 2 is 2.07 bits per heavy atom. The van der Waals surface area contributed by atoms with Crippen molar-refractivity contribution in [1.29, 1.82) is 0 Å². The fraction of sp³-hybridized carbons (Fsp3) is 0.667. The van der Waals surface area contributed by atoms with Crippen LogP contribution in [-0.4, -0.2) is 59.3 Å². The number of hydrogen-bond donors (Lipinski definition) is 1. The van der Waals surface area contributed by atoms with E-state index in [1.165, 1.54) is 38.6 Å². The molecule has 0 aliphatic carbocycles. The molecule has 4 atom stereocenters. The number of nitrogens with zero attached hydrogens (tertiary/aromatic N) is 3. The highest BCUT2D eigenvalue weighted by atomic mass is 32.2. The quantitative estimate of drug-likeness (QED) is 0.852. The highest BCUT2D eigenvalue weighted by molar-refractivity contribution is 7.89. The highest BCUT2D eigenvalue weighted by Crippen LogP contribution is 2.43. The molecule has 3 fully saturated rings. The van der Waals surface area contributed by atoms with Gasteiger partial charge in [-0.25, -0.2) is 13.4 Å². The number of fused-ring (bicyclic) bond motifs is 5. The van der Waals surface area contributed by atoms with Crippen molar-refractivity contribution in [3.05, 3.63) is 24.5 Å². The van der Waals surface area contributed by atoms with E-state index in [1.807, 2.05) is 0 Å². The molecule has 4 heterocycles. The Labute approximate surface area is 167 Å². The van der Waals surface area contributed by atoms with Crippen LogP contribution in [-0.2, 0) is 10.0 Å². The smallest absolute Gasteiger partial charge is 0.243 e. The molecular formula is C21H30N4O2S. The van der Waals surface area contributed by atoms with Crippen molar-refractivity contribution in [3.63, 3.8) is 0 Å². The standard InChI is InChI=1S/C21H30N4O2S/c1-2-5-20-15-10-16(21-6-3-4-9-25(20)21)13-24(12-15)28(26,27)17-7-8-18-19(11-17)23-14-22-18/h7-8,11,14-16,20-21H,2-6,9-10,12-13H2,1H3,(H,22,23)/t15-,16+,20-,21-/m0/s1. The van der Waals surface area contributed by atoms with Gasteiger partial charge in [0.15, 0.2) is 0 Å². The molecule has 7 heteroatoms. The third-order valence-corrected chi connectivity index (χ3v) is 9.03. The summed E-state index contributed by atoms with van der Waals surface area (Å²) in [5.41, 5.74) is 1.58. The number of aromatic amines is 1. The first kappa shape index (κ1) is 18.6. The Morgan fingerprint density at radius 1 is 1.21 bits per heavy atom. The first-order chi connectivity index (χ1) is 13.6. The van der Waals surface area contributed by atoms with Crippen LogP contribution in [0.4, 0.5) is 0 Å². The monoisotopic (exact) mass is 402 g/mol. The van der Waals surface area contributed by atoms with E-state index in [1.54, 1.807) is 28.8 Å². The molecule has 0 unspecified atom stereocenters. The molecule has 1 aromatic heterocycles. The number of benzene rings is 1. The summed E-state index contributed by atoms with van der Waals surface area (Å²) >= 11 is 0. The van der Waals surface area contributed by atoms with Crippen molar-refractivity contribution in [2.75, 3.05) is 19.6 Å². The molecule has 2 aromatic rings. The van der Waals surface area contributed by atoms with Crippen LogP contribution in [0.15, 0.2) is 29.4 Å². The summed E-state index contributed by atoms with van der Waals surface area (Å²) in [6.07, 6.45) is 8.95. The lowest BCUT2D eigenvalue weighted by atomic mass is 9.72. The predicted molar refractivity (Wildman–Crippen MR) is 109 cm³/mol. The van der Waals surface area contributed by atoms with E-state index in [4.69, 9.17) is 0 Å². The number of rotatable bonds is 4. The summed E-state index contributed by atoms with van der Waals surface area (Å²) in [5, 5.41) is 0. The van der Waals surface area contributed by atoms with Crippen molar-refractivity contribution < 1.29 is 8.42 Å². The van der Waals surface area contributed by atoms with Gasteiger partial charge in [0.25, 0.3) is 0 Å². The topological polar surface area (TPSA) is 69.3 Å². The van der Waals surface area contributed by atoms with Gasteiger partial charge in [-0.3, -0.25) is 4.90 Å². The Balaban J connectivity index is 1.46. The minimum atomic E-state index is -3.48. The summed E-state index contributed by atoms with van der Waals surface area (Å²) in [6, 6.07) is 6.35. The molecular weight excluding hydrogens is 372 g/mol. The van der Waals surface area contributed by atoms with E-state index < -0.39 is 10.0 Å². The number of piperidine rings is 3. The van der Waals surface area contributed by atoms with Gasteiger partial charge in [-0.15, -0.1) is 0 Å². The van der Waals surface area contributed by atoms with Crippen LogP contribution in [0, 0.1) is 11.8 Å². The predicted octanol–water partition coefficient (Wildman–Crippen LogP) is 3.23. The van der Waals surface area contributed by atoms with Crippen LogP contribution in [0.2, 0.25) is 0 Å². The number of hydrogen-bond acceptors (Lipinski definition) is 4. The van der Waals surface area contributed by atoms with Crippen molar-refractivity contribution in [1.82, 2.24) is 19.2 Å². The minimum Gasteiger partial charge on any atom is -0.345 e. The first-order valence-electron chi connectivity index (χ1n) is 10.8. The van der Waals surface area contributed by atoms with Gasteiger partial charge in [0.2, 0.25) is 10.0 Å². The lowest BCUT2D eigenvalue weighted by molar-refractivity contribution is -0.0581. The highest BCUT2D eigenvalue weighted by Gasteiger charge is 2.48. The Morgan fingerprint density at radius 3 is 2.93 bits per heavy atom. The SMILES string of the molecule is CCC[C@H]1[C@H]2C[C@H](CN(S(=O)(=O)c3ccc4nc[nH]c4c3)C2)[C@@H]2CCCCN21. The van der Waals surface area contributed by atoms with Crippen molar-refractivity contribution in [3.8, 4) is 0 Å². The average Bonchev–Trinajstić information content (AvgIpc) is 3.19. The van der Waals surface area contributed by atoms with Crippen LogP contribution in [0.3, 0.4) is 0 Å². The maximum absolute atomic E-state index is 13.5. The van der Waals surface area contributed by atoms with Crippen LogP contribution < -0.4 is 0 Å². The van der Waals surface area contributed by atoms with E-state index >= 15 is 0 Å². The maximum atomic E-state index is 13.5. The molecule has 1 N–H and O–H groups in total. The molecule has 0 spiro atoms. The van der Waals surface area contributed by atoms with Crippen molar-refractivity contribution in [2.24, 2.45) is 11.8 Å². The Kier molecular flexibility index (Phi) is 4.72. The summed E-state index contributed by atoms with van der Waals surface area (Å²) in [5.74, 6) is 0.927. The largest absolute Gasteiger partial charge is 0.345 e. The first-order valence-corrected chi connectivity index (χ1v) is 12.2. The van der Waals surface area contributed by atoms with Crippen LogP contribution in [0.5, 0.6) is 0 Å². The van der Waals surface area contributed by atoms with E-state index in [9.17, 15) is 8.42 Å². The van der Waals surface area contributed by atoms with Crippen LogP contribution in [0.25, 0.3) is 11.0 Å². The summed E-state index contributed by atoms with van der Waals surface area (Å²) in [6.45, 7) is 4.78. The third-order valence-electron chi connectivity index (χ3n) is 7.20. The number of sulfonamides is 1. The van der Waals surface area contributed by atoms with E-state index in [0.29, 0.717) is 41.9 Å². The zero-order chi connectivity index (χ0) is 19.3. The van der Waals surface area contributed by atoms with Crippen molar-refractivity contribution >= 4 is 21.1 Å². The number of nitrogens with one attached hydrogen (secondary N) is 1. The fourth-order valence-electron chi connectivity index (χ4n) is 5.98. The average molecular weight is 403 g/mol. The number of imidazole rings is 1. The Bertz CT molecular complexity index is 956. The van der Waals surface area contributed by atoms with Crippen molar-refractivity contribution in [2.45, 2.75) is 62.4 Å². The fourth-order valence-corrected chi connectivity index (χ4v) is 7.56. The number of aromatic nitrogens is 2. The second kappa shape index (κ2) is 7.11. The molecule has 5 rings (SSSR count). The lowest BCUT2D eigenvalue weighted by Gasteiger charge is -2.56. The molecule has 0 amide bonds. The van der Waals surface area contributed by atoms with Gasteiger partial charge in [-0.1, -0.05) is 19.8 Å². The van der Waals surface area contributed by atoms with Gasteiger partial charge in [0, 0.05) is 25.2 Å². The van der Waals surface area contributed by atoms with Crippen LogP contribution >= 0.6 is 0 Å². The van der Waals surface area contributed by atoms with Gasteiger partial charge < -0.3 is 4.98 Å². The molecule has 0 radical (unpaired) electrons. The van der Waals surface area contributed by atoms with E-state index in [-0.39, 0.29) is 0 Å². The molecule has 3 aliphatic heterocycles. The molecule has 1 aromatic carbocycles.